The molecular formula is C20H16F3N7O3. The lowest BCUT2D eigenvalue weighted by Gasteiger charge is -2.14. The molecule has 0 atom stereocenters. The van der Waals surface area contributed by atoms with Crippen molar-refractivity contribution in [1.82, 2.24) is 20.4 Å². The standard InChI is InChI=1S/C20H16F3N7O3/c1-11-18(12(2)32-28-11)13-7-24-16(25-8-13)9-30-10-17(33-29-30)27-19(31)26-15-5-3-4-14(6-15)20(21,22)23/h3-8,10H,9H2,1-2H3,(H-,26,27,29,31). The molecule has 13 heteroatoms. The molecule has 0 aliphatic carbocycles. The van der Waals surface area contributed by atoms with Crippen LogP contribution in [0.15, 0.2) is 56.9 Å². The van der Waals surface area contributed by atoms with Crippen molar-refractivity contribution < 1.29 is 32.0 Å². The van der Waals surface area contributed by atoms with Gasteiger partial charge in [-0.1, -0.05) is 11.2 Å². The monoisotopic (exact) mass is 459 g/mol. The first-order valence-corrected chi connectivity index (χ1v) is 9.49. The lowest BCUT2D eigenvalue weighted by Crippen LogP contribution is -2.36. The number of halogens is 3. The third-order valence-corrected chi connectivity index (χ3v) is 4.48. The Morgan fingerprint density at radius 3 is 2.61 bits per heavy atom. The third-order valence-electron chi connectivity index (χ3n) is 4.48. The normalized spacial score (nSPS) is 12.2. The molecule has 0 amide bonds. The second kappa shape index (κ2) is 8.68. The van der Waals surface area contributed by atoms with Crippen LogP contribution in [-0.2, 0) is 12.7 Å². The maximum Gasteiger partial charge on any atom is 0.416 e. The van der Waals surface area contributed by atoms with Crippen LogP contribution in [0, 0.1) is 13.8 Å². The van der Waals surface area contributed by atoms with Gasteiger partial charge in [-0.05, 0) is 36.7 Å². The summed E-state index contributed by atoms with van der Waals surface area (Å²) in [5.74, 6) is 0.931. The van der Waals surface area contributed by atoms with Crippen LogP contribution >= 0.6 is 0 Å². The van der Waals surface area contributed by atoms with E-state index < -0.39 is 17.8 Å². The highest BCUT2D eigenvalue weighted by Crippen LogP contribution is 2.30. The summed E-state index contributed by atoms with van der Waals surface area (Å²) in [6.45, 7) is 3.75. The van der Waals surface area contributed by atoms with E-state index in [0.29, 0.717) is 11.6 Å². The van der Waals surface area contributed by atoms with Crippen molar-refractivity contribution in [2.75, 3.05) is 5.32 Å². The summed E-state index contributed by atoms with van der Waals surface area (Å²) < 4.78 is 49.8. The topological polar surface area (TPSA) is 129 Å². The van der Waals surface area contributed by atoms with Gasteiger partial charge in [0.05, 0.1) is 22.8 Å². The van der Waals surface area contributed by atoms with E-state index >= 15 is 0 Å². The van der Waals surface area contributed by atoms with Crippen LogP contribution in [0.4, 0.5) is 24.7 Å². The molecule has 3 aromatic heterocycles. The molecule has 4 rings (SSSR count). The van der Waals surface area contributed by atoms with Gasteiger partial charge in [0.1, 0.15) is 5.76 Å². The number of nitrogens with one attached hydrogen (secondary N) is 1. The molecular weight excluding hydrogens is 443 g/mol. The molecule has 33 heavy (non-hydrogen) atoms. The second-order valence-corrected chi connectivity index (χ2v) is 6.95. The molecule has 170 valence electrons. The van der Waals surface area contributed by atoms with E-state index in [9.17, 15) is 18.3 Å². The molecule has 0 aliphatic rings. The largest absolute Gasteiger partial charge is 0.846 e. The predicted molar refractivity (Wildman–Crippen MR) is 105 cm³/mol. The van der Waals surface area contributed by atoms with Crippen molar-refractivity contribution in [1.29, 1.82) is 0 Å². The average Bonchev–Trinajstić information content (AvgIpc) is 3.33. The van der Waals surface area contributed by atoms with Gasteiger partial charge in [-0.25, -0.2) is 15.0 Å². The number of anilines is 1. The van der Waals surface area contributed by atoms with Crippen molar-refractivity contribution in [3.63, 3.8) is 0 Å². The summed E-state index contributed by atoms with van der Waals surface area (Å²) in [5, 5.41) is 21.9. The highest BCUT2D eigenvalue weighted by atomic mass is 19.4. The zero-order valence-corrected chi connectivity index (χ0v) is 17.3. The molecule has 0 unspecified atom stereocenters. The van der Waals surface area contributed by atoms with Crippen LogP contribution in [-0.4, -0.2) is 26.4 Å². The molecule has 10 nitrogen and oxygen atoms in total. The average molecular weight is 459 g/mol. The van der Waals surface area contributed by atoms with Gasteiger partial charge < -0.3 is 14.9 Å². The number of alkyl halides is 3. The maximum atomic E-state index is 12.8. The number of benzene rings is 1. The highest BCUT2D eigenvalue weighted by Gasteiger charge is 2.30. The summed E-state index contributed by atoms with van der Waals surface area (Å²) in [7, 11) is 0. The van der Waals surface area contributed by atoms with Crippen molar-refractivity contribution in [3.05, 3.63) is 65.7 Å². The number of aliphatic imine (C=N–C) groups is 1. The Bertz CT molecular complexity index is 1280. The molecule has 0 aliphatic heterocycles. The molecule has 0 radical (unpaired) electrons. The van der Waals surface area contributed by atoms with Gasteiger partial charge in [-0.2, -0.15) is 13.2 Å². The Morgan fingerprint density at radius 2 is 1.94 bits per heavy atom. The van der Waals surface area contributed by atoms with Gasteiger partial charge in [0.25, 0.3) is 6.20 Å². The van der Waals surface area contributed by atoms with Gasteiger partial charge in [-0.3, -0.25) is 4.52 Å². The van der Waals surface area contributed by atoms with Crippen LogP contribution in [0.5, 0.6) is 0 Å². The number of aromatic nitrogens is 5. The number of nitrogens with zero attached hydrogens (tertiary/aromatic N) is 6. The lowest BCUT2D eigenvalue weighted by molar-refractivity contribution is -0.755. The van der Waals surface area contributed by atoms with E-state index in [1.165, 1.54) is 23.0 Å². The SMILES string of the molecule is Cc1noc(C)c1-c1cnc(C[n+]2cc(N=C([O-])Nc3cccc(C(F)(F)F)c3)on2)nc1. The second-order valence-electron chi connectivity index (χ2n) is 6.95. The molecule has 0 spiro atoms. The van der Waals surface area contributed by atoms with Crippen LogP contribution < -0.4 is 15.1 Å². The first-order valence-electron chi connectivity index (χ1n) is 9.49. The van der Waals surface area contributed by atoms with E-state index in [2.05, 4.69) is 30.7 Å². The number of rotatable bonds is 5. The molecule has 0 saturated heterocycles. The van der Waals surface area contributed by atoms with Gasteiger partial charge in [0.2, 0.25) is 11.8 Å². The first kappa shape index (κ1) is 21.9. The van der Waals surface area contributed by atoms with E-state index in [4.69, 9.17) is 9.05 Å². The molecule has 0 fully saturated rings. The zero-order valence-electron chi connectivity index (χ0n) is 17.3. The number of amidine groups is 1. The minimum atomic E-state index is -4.53. The minimum Gasteiger partial charge on any atom is -0.846 e. The van der Waals surface area contributed by atoms with Crippen LogP contribution in [0.1, 0.15) is 22.8 Å². The van der Waals surface area contributed by atoms with Crippen molar-refractivity contribution in [3.8, 4) is 11.1 Å². The summed E-state index contributed by atoms with van der Waals surface area (Å²) in [6.07, 6.45) is 0.0611. The molecule has 0 saturated carbocycles. The predicted octanol–water partition coefficient (Wildman–Crippen LogP) is 2.55. The molecule has 0 bridgehead atoms. The zero-order chi connectivity index (χ0) is 23.6. The fourth-order valence-electron chi connectivity index (χ4n) is 3.02. The van der Waals surface area contributed by atoms with E-state index in [-0.39, 0.29) is 18.1 Å². The van der Waals surface area contributed by atoms with E-state index in [1.54, 1.807) is 19.3 Å². The van der Waals surface area contributed by atoms with Crippen molar-refractivity contribution >= 4 is 17.6 Å². The molecule has 4 aromatic rings. The van der Waals surface area contributed by atoms with E-state index in [0.717, 1.165) is 29.0 Å². The molecule has 1 aromatic carbocycles. The smallest absolute Gasteiger partial charge is 0.416 e. The summed E-state index contributed by atoms with van der Waals surface area (Å²) >= 11 is 0. The summed E-state index contributed by atoms with van der Waals surface area (Å²) in [4.78, 5) is 12.2. The lowest BCUT2D eigenvalue weighted by atomic mass is 10.1. The van der Waals surface area contributed by atoms with Gasteiger partial charge in [-0.15, -0.1) is 0 Å². The Hall–Kier alpha value is -4.29. The Balaban J connectivity index is 1.42. The number of aryl methyl sites for hydroxylation is 2. The van der Waals surface area contributed by atoms with Gasteiger partial charge in [0.15, 0.2) is 5.82 Å². The van der Waals surface area contributed by atoms with E-state index in [1.807, 2.05) is 6.92 Å². The van der Waals surface area contributed by atoms with Gasteiger partial charge >= 0.3 is 12.1 Å². The summed E-state index contributed by atoms with van der Waals surface area (Å²) in [5.41, 5.74) is 1.35. The number of hydrogen-bond donors (Lipinski definition) is 1. The minimum absolute atomic E-state index is 0.0576. The fourth-order valence-corrected chi connectivity index (χ4v) is 3.02. The molecule has 3 heterocycles. The third kappa shape index (κ3) is 5.14. The quantitative estimate of drug-likeness (QED) is 0.274. The van der Waals surface area contributed by atoms with Crippen LogP contribution in [0.3, 0.4) is 0 Å². The Labute approximate surface area is 184 Å². The molecule has 1 N–H and O–H groups in total. The first-order chi connectivity index (χ1) is 15.7. The Morgan fingerprint density at radius 1 is 1.18 bits per heavy atom. The highest BCUT2D eigenvalue weighted by molar-refractivity contribution is 5.87. The number of hydrogen-bond acceptors (Lipinski definition) is 8. The fraction of sp³-hybridized carbons (Fsp3) is 0.200. The van der Waals surface area contributed by atoms with Crippen LogP contribution in [0.25, 0.3) is 11.1 Å². The van der Waals surface area contributed by atoms with Gasteiger partial charge in [0, 0.05) is 23.6 Å². The van der Waals surface area contributed by atoms with Crippen molar-refractivity contribution in [2.24, 2.45) is 4.99 Å². The summed E-state index contributed by atoms with van der Waals surface area (Å²) in [6, 6.07) is 3.27. The maximum absolute atomic E-state index is 12.8. The van der Waals surface area contributed by atoms with Crippen LogP contribution in [0.2, 0.25) is 0 Å². The Kier molecular flexibility index (Phi) is 5.77. The van der Waals surface area contributed by atoms with Crippen molar-refractivity contribution in [2.45, 2.75) is 26.6 Å².